The summed E-state index contributed by atoms with van der Waals surface area (Å²) in [7, 11) is -16.5. The van der Waals surface area contributed by atoms with Gasteiger partial charge >= 0.3 is 11.6 Å². The largest absolute Gasteiger partial charge is 0.427 e. The van der Waals surface area contributed by atoms with Gasteiger partial charge in [-0.3, -0.25) is 0 Å². The second-order valence-corrected chi connectivity index (χ2v) is 24.6. The van der Waals surface area contributed by atoms with E-state index < -0.39 is 62.6 Å². The van der Waals surface area contributed by atoms with E-state index in [4.69, 9.17) is 8.85 Å². The van der Waals surface area contributed by atoms with Gasteiger partial charge in [0.15, 0.2) is 18.6 Å². The Balaban J connectivity index is 2.58. The minimum Gasteiger partial charge on any atom is -0.427 e. The van der Waals surface area contributed by atoms with Crippen LogP contribution in [-0.4, -0.2) is 63.7 Å². The predicted molar refractivity (Wildman–Crippen MR) is 76.4 cm³/mol. The van der Waals surface area contributed by atoms with Crippen LogP contribution in [0.2, 0.25) is 12.1 Å². The first-order valence-corrected chi connectivity index (χ1v) is 17.3. The number of rotatable bonds is 2. The lowest BCUT2D eigenvalue weighted by atomic mass is 10.5. The molecule has 2 aliphatic heterocycles. The number of hydrogen-bond acceptors (Lipinski definition) is 2. The molecule has 2 aliphatic rings. The van der Waals surface area contributed by atoms with Crippen LogP contribution in [0.3, 0.4) is 0 Å². The molecule has 0 N–H and O–H groups in total. The second-order valence-electron chi connectivity index (χ2n) is 6.05. The number of alkyl halides is 8. The zero-order chi connectivity index (χ0) is 17.6. The Labute approximate surface area is 133 Å². The quantitative estimate of drug-likeness (QED) is 0.501. The molecular weight excluding hydrogens is 404 g/mol. The van der Waals surface area contributed by atoms with Crippen LogP contribution >= 0.6 is 0 Å². The standard InChI is InChI=1S/C9H16F8O2Si4/c10-7(11,12)22(5-1-3-18-20-22)9(16,17)23(8(13,14)15)6-2-4-19-21-23/h1-6,20-21H2. The van der Waals surface area contributed by atoms with E-state index in [2.05, 4.69) is 0 Å². The summed E-state index contributed by atoms with van der Waals surface area (Å²) in [6.07, 6.45) is -0.502. The van der Waals surface area contributed by atoms with E-state index in [9.17, 15) is 26.3 Å². The smallest absolute Gasteiger partial charge is 0.367 e. The monoisotopic (exact) mass is 420 g/mol. The first kappa shape index (κ1) is 19.6. The average molecular weight is 421 g/mol. The molecule has 2 unspecified atom stereocenters. The van der Waals surface area contributed by atoms with Crippen molar-refractivity contribution in [2.24, 2.45) is 0 Å². The third kappa shape index (κ3) is 2.88. The Morgan fingerprint density at radius 1 is 0.652 bits per heavy atom. The van der Waals surface area contributed by atoms with E-state index in [0.29, 0.717) is 0 Å². The van der Waals surface area contributed by atoms with Crippen LogP contribution in [0.15, 0.2) is 0 Å². The normalized spacial score (nSPS) is 36.5. The van der Waals surface area contributed by atoms with Gasteiger partial charge in [-0.15, -0.1) is 0 Å². The van der Waals surface area contributed by atoms with Crippen LogP contribution in [0.25, 0.3) is 0 Å². The highest BCUT2D eigenvalue weighted by Crippen LogP contribution is 2.54. The van der Waals surface area contributed by atoms with Crippen molar-refractivity contribution in [3.05, 3.63) is 0 Å². The molecule has 0 spiro atoms. The molecule has 0 aromatic carbocycles. The van der Waals surface area contributed by atoms with E-state index in [1.165, 1.54) is 0 Å². The minimum absolute atomic E-state index is 0.0678. The van der Waals surface area contributed by atoms with Crippen LogP contribution < -0.4 is 0 Å². The Bertz CT molecular complexity index is 390. The van der Waals surface area contributed by atoms with E-state index in [-0.39, 0.29) is 26.1 Å². The van der Waals surface area contributed by atoms with E-state index >= 15 is 8.78 Å². The fourth-order valence-electron chi connectivity index (χ4n) is 3.35. The van der Waals surface area contributed by atoms with E-state index in [0.717, 1.165) is 0 Å². The molecule has 14 heteroatoms. The van der Waals surface area contributed by atoms with Gasteiger partial charge in [-0.1, -0.05) is 0 Å². The molecule has 2 heterocycles. The predicted octanol–water partition coefficient (Wildman–Crippen LogP) is 1.80. The average Bonchev–Trinajstić information content (AvgIpc) is 2.46. The SMILES string of the molecule is FC(F)(F)[Si]1(C(F)(F)[Si]2(C(F)(F)F)CCCO[SiH2]2)CCCO[SiH2]1. The first-order valence-electron chi connectivity index (χ1n) is 7.08. The van der Waals surface area contributed by atoms with Gasteiger partial charge in [0.2, 0.25) is 5.17 Å². The van der Waals surface area contributed by atoms with Crippen molar-refractivity contribution in [1.29, 1.82) is 0 Å². The zero-order valence-electron chi connectivity index (χ0n) is 12.0. The molecule has 2 atom stereocenters. The van der Waals surface area contributed by atoms with Crippen LogP contribution in [-0.2, 0) is 8.85 Å². The number of hydrogen-bond donors (Lipinski definition) is 0. The van der Waals surface area contributed by atoms with Gasteiger partial charge in [-0.25, -0.2) is 8.78 Å². The summed E-state index contributed by atoms with van der Waals surface area (Å²) >= 11 is 0. The van der Waals surface area contributed by atoms with Crippen molar-refractivity contribution in [3.63, 3.8) is 0 Å². The van der Waals surface area contributed by atoms with Crippen LogP contribution in [0, 0.1) is 0 Å². The summed E-state index contributed by atoms with van der Waals surface area (Å²) in [5.41, 5.74) is 0. The van der Waals surface area contributed by atoms with Gasteiger partial charge in [-0.2, -0.15) is 26.3 Å². The van der Waals surface area contributed by atoms with Crippen LogP contribution in [0.5, 0.6) is 0 Å². The second kappa shape index (κ2) is 6.19. The molecule has 136 valence electrons. The van der Waals surface area contributed by atoms with E-state index in [1.807, 2.05) is 0 Å². The van der Waals surface area contributed by atoms with Crippen molar-refractivity contribution in [2.45, 2.75) is 41.7 Å². The van der Waals surface area contributed by atoms with Crippen molar-refractivity contribution in [3.8, 4) is 0 Å². The molecule has 0 aromatic heterocycles. The highest BCUT2D eigenvalue weighted by atomic mass is 29.2. The molecule has 0 amide bonds. The number of halogens is 8. The molecule has 2 fully saturated rings. The highest BCUT2D eigenvalue weighted by molar-refractivity contribution is 7.38. The molecule has 2 nitrogen and oxygen atoms in total. The Hall–Kier alpha value is 0.228. The van der Waals surface area contributed by atoms with Gasteiger partial charge in [0.1, 0.15) is 0 Å². The Morgan fingerprint density at radius 2 is 1.00 bits per heavy atom. The molecule has 23 heavy (non-hydrogen) atoms. The van der Waals surface area contributed by atoms with E-state index in [1.54, 1.807) is 0 Å². The lowest BCUT2D eigenvalue weighted by Gasteiger charge is -2.50. The summed E-state index contributed by atoms with van der Waals surface area (Å²) in [6.45, 7) is -0.136. The Morgan fingerprint density at radius 3 is 1.22 bits per heavy atom. The topological polar surface area (TPSA) is 18.5 Å². The minimum atomic E-state index is -5.50. The highest BCUT2D eigenvalue weighted by Gasteiger charge is 2.85. The summed E-state index contributed by atoms with van der Waals surface area (Å²) < 4.78 is 121. The van der Waals surface area contributed by atoms with Crippen molar-refractivity contribution in [2.75, 3.05) is 13.2 Å². The molecule has 0 aliphatic carbocycles. The summed E-state index contributed by atoms with van der Waals surface area (Å²) in [6, 6.07) is -1.70. The summed E-state index contributed by atoms with van der Waals surface area (Å²) in [4.78, 5) is 0. The maximum absolute atomic E-state index is 15.1. The summed E-state index contributed by atoms with van der Waals surface area (Å²) in [5, 5.41) is -4.70. The van der Waals surface area contributed by atoms with Gasteiger partial charge < -0.3 is 8.85 Å². The third-order valence-corrected chi connectivity index (χ3v) is 30.1. The molecule has 0 saturated carbocycles. The molecule has 2 saturated heterocycles. The third-order valence-electron chi connectivity index (χ3n) is 4.77. The summed E-state index contributed by atoms with van der Waals surface area (Å²) in [5.74, 6) is -10.6. The molecule has 0 bridgehead atoms. The molecule has 2 rings (SSSR count). The maximum atomic E-state index is 15.1. The fourth-order valence-corrected chi connectivity index (χ4v) is 31.4. The lowest BCUT2D eigenvalue weighted by molar-refractivity contribution is -0.0805. The fraction of sp³-hybridized carbons (Fsp3) is 1.00. The van der Waals surface area contributed by atoms with Gasteiger partial charge in [-0.05, 0) is 24.9 Å². The molecule has 0 aromatic rings. The van der Waals surface area contributed by atoms with Crippen molar-refractivity contribution in [1.82, 2.24) is 0 Å². The van der Waals surface area contributed by atoms with Crippen molar-refractivity contribution >= 4 is 33.7 Å². The van der Waals surface area contributed by atoms with Crippen LogP contribution in [0.4, 0.5) is 35.1 Å². The zero-order valence-corrected chi connectivity index (χ0v) is 16.8. The molecular formula is C9H16F8O2Si4. The van der Waals surface area contributed by atoms with Gasteiger partial charge in [0.05, 0.1) is 0 Å². The maximum Gasteiger partial charge on any atom is 0.367 e. The van der Waals surface area contributed by atoms with Crippen molar-refractivity contribution < 1.29 is 44.0 Å². The van der Waals surface area contributed by atoms with Gasteiger partial charge in [0, 0.05) is 13.2 Å². The van der Waals surface area contributed by atoms with Gasteiger partial charge in [0.25, 0.3) is 15.2 Å². The van der Waals surface area contributed by atoms with Crippen LogP contribution in [0.1, 0.15) is 12.8 Å². The Kier molecular flexibility index (Phi) is 5.26. The first-order chi connectivity index (χ1) is 10.4. The molecule has 0 radical (unpaired) electrons. The lowest BCUT2D eigenvalue weighted by Crippen LogP contribution is -2.84.